The summed E-state index contributed by atoms with van der Waals surface area (Å²) in [6, 6.07) is 8.89. The maximum absolute atomic E-state index is 11.8. The Hall–Kier alpha value is -1.35. The lowest BCUT2D eigenvalue weighted by molar-refractivity contribution is -0.122. The Morgan fingerprint density at radius 3 is 2.37 bits per heavy atom. The van der Waals surface area contributed by atoms with Gasteiger partial charge in [0.2, 0.25) is 5.91 Å². The smallest absolute Gasteiger partial charge is 0.237 e. The first-order valence-corrected chi connectivity index (χ1v) is 7.19. The second-order valence-corrected chi connectivity index (χ2v) is 5.78. The van der Waals surface area contributed by atoms with Gasteiger partial charge in [0.25, 0.3) is 0 Å². The van der Waals surface area contributed by atoms with Crippen LogP contribution in [0.15, 0.2) is 24.3 Å². The van der Waals surface area contributed by atoms with E-state index >= 15 is 0 Å². The summed E-state index contributed by atoms with van der Waals surface area (Å²) in [6.45, 7) is 7.03. The van der Waals surface area contributed by atoms with Gasteiger partial charge < -0.3 is 10.6 Å². The summed E-state index contributed by atoms with van der Waals surface area (Å²) < 4.78 is 0. The molecule has 0 heterocycles. The number of hydrogen-bond donors (Lipinski definition) is 2. The molecule has 2 rings (SSSR count). The van der Waals surface area contributed by atoms with Crippen LogP contribution in [0.5, 0.6) is 0 Å². The van der Waals surface area contributed by atoms with Gasteiger partial charge in [-0.25, -0.2) is 0 Å². The average Bonchev–Trinajstić information content (AvgIpc) is 3.20. The van der Waals surface area contributed by atoms with E-state index in [9.17, 15) is 4.79 Å². The Balaban J connectivity index is 1.78. The highest BCUT2D eigenvalue weighted by atomic mass is 16.2. The molecule has 1 unspecified atom stereocenters. The lowest BCUT2D eigenvalue weighted by atomic mass is 10.0. The molecule has 1 fully saturated rings. The van der Waals surface area contributed by atoms with Crippen molar-refractivity contribution in [1.29, 1.82) is 0 Å². The summed E-state index contributed by atoms with van der Waals surface area (Å²) in [6.07, 6.45) is 2.27. The minimum absolute atomic E-state index is 0.112. The van der Waals surface area contributed by atoms with Crippen molar-refractivity contribution in [3.63, 3.8) is 0 Å². The zero-order valence-corrected chi connectivity index (χ0v) is 12.1. The van der Waals surface area contributed by atoms with Crippen LogP contribution in [0, 0.1) is 0 Å². The number of nitrogens with one attached hydrogen (secondary N) is 2. The first kappa shape index (κ1) is 14.1. The molecule has 0 radical (unpaired) electrons. The lowest BCUT2D eigenvalue weighted by Crippen LogP contribution is -2.42. The summed E-state index contributed by atoms with van der Waals surface area (Å²) >= 11 is 0. The third-order valence-electron chi connectivity index (χ3n) is 3.58. The molecule has 104 valence electrons. The van der Waals surface area contributed by atoms with Crippen LogP contribution < -0.4 is 10.6 Å². The van der Waals surface area contributed by atoms with Crippen molar-refractivity contribution in [2.24, 2.45) is 0 Å². The lowest BCUT2D eigenvalue weighted by Gasteiger charge is -2.14. The van der Waals surface area contributed by atoms with Gasteiger partial charge in [-0.2, -0.15) is 0 Å². The number of benzene rings is 1. The molecule has 1 aromatic rings. The molecule has 1 atom stereocenters. The molecule has 1 aliphatic rings. The molecule has 3 heteroatoms. The Morgan fingerprint density at radius 1 is 1.21 bits per heavy atom. The topological polar surface area (TPSA) is 41.1 Å². The molecule has 1 saturated carbocycles. The summed E-state index contributed by atoms with van der Waals surface area (Å²) in [5.41, 5.74) is 2.57. The number of rotatable bonds is 6. The minimum Gasteiger partial charge on any atom is -0.352 e. The quantitative estimate of drug-likeness (QED) is 0.825. The van der Waals surface area contributed by atoms with Crippen molar-refractivity contribution >= 4 is 5.91 Å². The van der Waals surface area contributed by atoms with Crippen molar-refractivity contribution in [3.05, 3.63) is 35.4 Å². The van der Waals surface area contributed by atoms with E-state index in [0.29, 0.717) is 12.0 Å². The van der Waals surface area contributed by atoms with Crippen molar-refractivity contribution in [3.8, 4) is 0 Å². The third-order valence-corrected chi connectivity index (χ3v) is 3.58. The highest BCUT2D eigenvalue weighted by Gasteiger charge is 2.25. The fraction of sp³-hybridized carbons (Fsp3) is 0.562. The van der Waals surface area contributed by atoms with E-state index in [2.05, 4.69) is 48.7 Å². The van der Waals surface area contributed by atoms with Crippen LogP contribution in [0.4, 0.5) is 0 Å². The number of amides is 1. The second kappa shape index (κ2) is 6.20. The van der Waals surface area contributed by atoms with Crippen molar-refractivity contribution in [1.82, 2.24) is 10.6 Å². The van der Waals surface area contributed by atoms with Crippen molar-refractivity contribution in [2.75, 3.05) is 0 Å². The zero-order chi connectivity index (χ0) is 13.8. The predicted octanol–water partition coefficient (Wildman–Crippen LogP) is 2.57. The van der Waals surface area contributed by atoms with Crippen LogP contribution in [0.2, 0.25) is 0 Å². The van der Waals surface area contributed by atoms with Gasteiger partial charge in [-0.05, 0) is 36.8 Å². The van der Waals surface area contributed by atoms with Crippen LogP contribution in [-0.2, 0) is 11.3 Å². The van der Waals surface area contributed by atoms with E-state index < -0.39 is 0 Å². The normalized spacial score (nSPS) is 16.4. The SMILES string of the molecule is CC(NCc1ccc(C(C)C)cc1)C(=O)NC1CC1. The van der Waals surface area contributed by atoms with Gasteiger partial charge in [0.05, 0.1) is 6.04 Å². The predicted molar refractivity (Wildman–Crippen MR) is 78.0 cm³/mol. The molecule has 3 nitrogen and oxygen atoms in total. The fourth-order valence-electron chi connectivity index (χ4n) is 1.94. The Labute approximate surface area is 115 Å². The Bertz CT molecular complexity index is 421. The summed E-state index contributed by atoms with van der Waals surface area (Å²) in [5, 5.41) is 6.28. The van der Waals surface area contributed by atoms with Crippen LogP contribution in [0.3, 0.4) is 0 Å². The standard InChI is InChI=1S/C16H24N2O/c1-11(2)14-6-4-13(5-7-14)10-17-12(3)16(19)18-15-8-9-15/h4-7,11-12,15,17H,8-10H2,1-3H3,(H,18,19). The Kier molecular flexibility index (Phi) is 4.59. The van der Waals surface area contributed by atoms with Gasteiger partial charge in [0, 0.05) is 12.6 Å². The number of carbonyl (C=O) groups is 1. The van der Waals surface area contributed by atoms with E-state index in [1.165, 1.54) is 11.1 Å². The molecule has 0 aromatic heterocycles. The highest BCUT2D eigenvalue weighted by Crippen LogP contribution is 2.18. The molecule has 1 amide bonds. The number of carbonyl (C=O) groups excluding carboxylic acids is 1. The molecule has 0 bridgehead atoms. The summed E-state index contributed by atoms with van der Waals surface area (Å²) in [4.78, 5) is 11.8. The van der Waals surface area contributed by atoms with Gasteiger partial charge in [-0.3, -0.25) is 4.79 Å². The van der Waals surface area contributed by atoms with Crippen LogP contribution in [-0.4, -0.2) is 18.0 Å². The average molecular weight is 260 g/mol. The van der Waals surface area contributed by atoms with Gasteiger partial charge >= 0.3 is 0 Å². The summed E-state index contributed by atoms with van der Waals surface area (Å²) in [5.74, 6) is 0.673. The molecular weight excluding hydrogens is 236 g/mol. The van der Waals surface area contributed by atoms with Crippen LogP contribution in [0.25, 0.3) is 0 Å². The molecule has 0 saturated heterocycles. The van der Waals surface area contributed by atoms with Crippen molar-refractivity contribution < 1.29 is 4.79 Å². The first-order valence-electron chi connectivity index (χ1n) is 7.19. The minimum atomic E-state index is -0.134. The molecule has 1 aromatic carbocycles. The monoisotopic (exact) mass is 260 g/mol. The molecule has 19 heavy (non-hydrogen) atoms. The van der Waals surface area contributed by atoms with E-state index in [4.69, 9.17) is 0 Å². The second-order valence-electron chi connectivity index (χ2n) is 5.78. The third kappa shape index (κ3) is 4.35. The van der Waals surface area contributed by atoms with E-state index in [-0.39, 0.29) is 11.9 Å². The van der Waals surface area contributed by atoms with Gasteiger partial charge in [-0.1, -0.05) is 38.1 Å². The van der Waals surface area contributed by atoms with E-state index in [1.54, 1.807) is 0 Å². The molecule has 2 N–H and O–H groups in total. The van der Waals surface area contributed by atoms with Gasteiger partial charge in [0.15, 0.2) is 0 Å². The van der Waals surface area contributed by atoms with Gasteiger partial charge in [0.1, 0.15) is 0 Å². The van der Waals surface area contributed by atoms with Gasteiger partial charge in [-0.15, -0.1) is 0 Å². The molecule has 0 spiro atoms. The Morgan fingerprint density at radius 2 is 1.84 bits per heavy atom. The highest BCUT2D eigenvalue weighted by molar-refractivity contribution is 5.81. The first-order chi connectivity index (χ1) is 9.06. The zero-order valence-electron chi connectivity index (χ0n) is 12.1. The summed E-state index contributed by atoms with van der Waals surface area (Å²) in [7, 11) is 0. The van der Waals surface area contributed by atoms with Crippen LogP contribution in [0.1, 0.15) is 50.7 Å². The number of hydrogen-bond acceptors (Lipinski definition) is 2. The molecule has 0 aliphatic heterocycles. The maximum atomic E-state index is 11.8. The fourth-order valence-corrected chi connectivity index (χ4v) is 1.94. The van der Waals surface area contributed by atoms with E-state index in [0.717, 1.165) is 19.4 Å². The van der Waals surface area contributed by atoms with Crippen molar-refractivity contribution in [2.45, 2.75) is 58.2 Å². The van der Waals surface area contributed by atoms with E-state index in [1.807, 2.05) is 6.92 Å². The maximum Gasteiger partial charge on any atom is 0.237 e. The molecule has 1 aliphatic carbocycles. The molecular formula is C16H24N2O. The largest absolute Gasteiger partial charge is 0.352 e. The van der Waals surface area contributed by atoms with Crippen LogP contribution >= 0.6 is 0 Å².